The van der Waals surface area contributed by atoms with E-state index in [1.807, 2.05) is 0 Å². The van der Waals surface area contributed by atoms with Crippen LogP contribution in [0, 0.1) is 5.92 Å². The van der Waals surface area contributed by atoms with Crippen LogP contribution >= 0.6 is 0 Å². The van der Waals surface area contributed by atoms with Gasteiger partial charge in [0.2, 0.25) is 0 Å². The second kappa shape index (κ2) is 10.6. The highest BCUT2D eigenvalue weighted by Gasteiger charge is 2.24. The number of hydrogen-bond donors (Lipinski definition) is 1. The first kappa shape index (κ1) is 16.9. The van der Waals surface area contributed by atoms with Gasteiger partial charge in [0, 0.05) is 13.2 Å². The number of hydrogen-bond acceptors (Lipinski definition) is 4. The van der Waals surface area contributed by atoms with Crippen molar-refractivity contribution >= 4 is 0 Å². The summed E-state index contributed by atoms with van der Waals surface area (Å²) in [5.41, 5.74) is 0. The van der Waals surface area contributed by atoms with Gasteiger partial charge in [-0.25, -0.2) is 0 Å². The average molecular weight is 273 g/mol. The zero-order chi connectivity index (χ0) is 13.9. The van der Waals surface area contributed by atoms with Gasteiger partial charge in [0.25, 0.3) is 0 Å². The van der Waals surface area contributed by atoms with E-state index in [2.05, 4.69) is 26.1 Å². The third kappa shape index (κ3) is 8.58. The molecule has 19 heavy (non-hydrogen) atoms. The van der Waals surface area contributed by atoms with Crippen molar-refractivity contribution in [2.24, 2.45) is 5.92 Å². The number of rotatable bonds is 11. The summed E-state index contributed by atoms with van der Waals surface area (Å²) in [4.78, 5) is 0. The van der Waals surface area contributed by atoms with E-state index in [4.69, 9.17) is 14.2 Å². The minimum atomic E-state index is 0.275. The minimum Gasteiger partial charge on any atom is -0.379 e. The molecular weight excluding hydrogens is 242 g/mol. The lowest BCUT2D eigenvalue weighted by Gasteiger charge is -2.15. The molecule has 0 amide bonds. The summed E-state index contributed by atoms with van der Waals surface area (Å²) in [5.74, 6) is 0.698. The van der Waals surface area contributed by atoms with Crippen LogP contribution in [0.2, 0.25) is 0 Å². The number of ether oxygens (including phenoxy) is 3. The Morgan fingerprint density at radius 1 is 1.11 bits per heavy atom. The second-order valence-electron chi connectivity index (χ2n) is 5.70. The highest BCUT2D eigenvalue weighted by Crippen LogP contribution is 2.19. The van der Waals surface area contributed by atoms with Crippen LogP contribution in [0.15, 0.2) is 0 Å². The van der Waals surface area contributed by atoms with E-state index in [9.17, 15) is 0 Å². The largest absolute Gasteiger partial charge is 0.379 e. The zero-order valence-electron chi connectivity index (χ0n) is 12.8. The third-order valence-electron chi connectivity index (χ3n) is 3.14. The van der Waals surface area contributed by atoms with E-state index >= 15 is 0 Å². The first-order chi connectivity index (χ1) is 9.22. The van der Waals surface area contributed by atoms with Crippen molar-refractivity contribution in [1.82, 2.24) is 5.32 Å². The molecule has 1 fully saturated rings. The molecule has 1 heterocycles. The summed E-state index contributed by atoms with van der Waals surface area (Å²) in [5, 5.41) is 3.45. The summed E-state index contributed by atoms with van der Waals surface area (Å²) < 4.78 is 16.9. The maximum absolute atomic E-state index is 5.94. The van der Waals surface area contributed by atoms with Crippen LogP contribution < -0.4 is 5.32 Å². The molecule has 1 rings (SSSR count). The molecule has 0 aromatic carbocycles. The smallest absolute Gasteiger partial charge is 0.0813 e. The van der Waals surface area contributed by atoms with Crippen LogP contribution in [0.5, 0.6) is 0 Å². The molecule has 1 N–H and O–H groups in total. The molecule has 0 aromatic heterocycles. The van der Waals surface area contributed by atoms with Gasteiger partial charge in [-0.1, -0.05) is 20.8 Å². The average Bonchev–Trinajstić information content (AvgIpc) is 2.81. The first-order valence-electron chi connectivity index (χ1n) is 7.74. The first-order valence-corrected chi connectivity index (χ1v) is 7.74. The Morgan fingerprint density at radius 2 is 1.84 bits per heavy atom. The Morgan fingerprint density at radius 3 is 2.58 bits per heavy atom. The van der Waals surface area contributed by atoms with Crippen molar-refractivity contribution in [3.05, 3.63) is 0 Å². The van der Waals surface area contributed by atoms with Gasteiger partial charge >= 0.3 is 0 Å². The molecule has 2 atom stereocenters. The molecule has 4 nitrogen and oxygen atoms in total. The van der Waals surface area contributed by atoms with Crippen molar-refractivity contribution < 1.29 is 14.2 Å². The predicted molar refractivity (Wildman–Crippen MR) is 77.5 cm³/mol. The van der Waals surface area contributed by atoms with Crippen LogP contribution in [0.3, 0.4) is 0 Å². The molecule has 1 saturated heterocycles. The lowest BCUT2D eigenvalue weighted by Crippen LogP contribution is -2.30. The van der Waals surface area contributed by atoms with Gasteiger partial charge in [0.1, 0.15) is 0 Å². The Labute approximate surface area is 118 Å². The Balaban J connectivity index is 1.93. The van der Waals surface area contributed by atoms with Gasteiger partial charge in [-0.2, -0.15) is 0 Å². The monoisotopic (exact) mass is 273 g/mol. The highest BCUT2D eigenvalue weighted by molar-refractivity contribution is 4.75. The normalized spacial score (nSPS) is 23.4. The molecule has 0 saturated carbocycles. The fourth-order valence-electron chi connectivity index (χ4n) is 2.16. The van der Waals surface area contributed by atoms with E-state index in [-0.39, 0.29) is 6.10 Å². The third-order valence-corrected chi connectivity index (χ3v) is 3.14. The highest BCUT2D eigenvalue weighted by atomic mass is 16.6. The van der Waals surface area contributed by atoms with E-state index in [0.29, 0.717) is 31.8 Å². The summed E-state index contributed by atoms with van der Waals surface area (Å²) in [6.07, 6.45) is 3.97. The van der Waals surface area contributed by atoms with E-state index in [1.54, 1.807) is 0 Å². The van der Waals surface area contributed by atoms with Crippen LogP contribution in [-0.2, 0) is 14.2 Å². The number of nitrogens with one attached hydrogen (secondary N) is 1. The Kier molecular flexibility index (Phi) is 9.43. The lowest BCUT2D eigenvalue weighted by molar-refractivity contribution is -0.0284. The zero-order valence-corrected chi connectivity index (χ0v) is 12.8. The molecule has 0 aromatic rings. The predicted octanol–water partition coefficient (Wildman–Crippen LogP) is 2.22. The topological polar surface area (TPSA) is 39.7 Å². The van der Waals surface area contributed by atoms with Gasteiger partial charge < -0.3 is 19.5 Å². The van der Waals surface area contributed by atoms with Gasteiger partial charge in [0.15, 0.2) is 0 Å². The Hall–Kier alpha value is -0.160. The minimum absolute atomic E-state index is 0.275. The molecule has 0 radical (unpaired) electrons. The molecule has 0 aliphatic carbocycles. The van der Waals surface area contributed by atoms with E-state index < -0.39 is 0 Å². The fourth-order valence-corrected chi connectivity index (χ4v) is 2.16. The van der Waals surface area contributed by atoms with Crippen LogP contribution in [0.1, 0.15) is 40.0 Å². The van der Waals surface area contributed by atoms with Crippen molar-refractivity contribution in [3.63, 3.8) is 0 Å². The van der Waals surface area contributed by atoms with Gasteiger partial charge in [-0.15, -0.1) is 0 Å². The quantitative estimate of drug-likeness (QED) is 0.586. The second-order valence-corrected chi connectivity index (χ2v) is 5.70. The van der Waals surface area contributed by atoms with Crippen molar-refractivity contribution in [2.75, 3.05) is 39.5 Å². The SMILES string of the molecule is CCCOCCOCC1CCC(CNCC(C)C)O1. The van der Waals surface area contributed by atoms with Crippen LogP contribution in [-0.4, -0.2) is 51.7 Å². The summed E-state index contributed by atoms with van der Waals surface area (Å²) >= 11 is 0. The van der Waals surface area contributed by atoms with E-state index in [1.165, 1.54) is 0 Å². The van der Waals surface area contributed by atoms with Crippen molar-refractivity contribution in [1.29, 1.82) is 0 Å². The molecule has 2 unspecified atom stereocenters. The maximum Gasteiger partial charge on any atom is 0.0813 e. The molecule has 1 aliphatic heterocycles. The molecule has 0 bridgehead atoms. The standard InChI is InChI=1S/C15H31NO3/c1-4-7-17-8-9-18-12-15-6-5-14(19-15)11-16-10-13(2)3/h13-16H,4-12H2,1-3H3. The lowest BCUT2D eigenvalue weighted by atomic mass is 10.2. The van der Waals surface area contributed by atoms with Crippen molar-refractivity contribution in [3.8, 4) is 0 Å². The van der Waals surface area contributed by atoms with Crippen LogP contribution in [0.25, 0.3) is 0 Å². The van der Waals surface area contributed by atoms with Gasteiger partial charge in [0.05, 0.1) is 32.0 Å². The summed E-state index contributed by atoms with van der Waals surface area (Å²) in [7, 11) is 0. The molecule has 1 aliphatic rings. The van der Waals surface area contributed by atoms with Crippen LogP contribution in [0.4, 0.5) is 0 Å². The van der Waals surface area contributed by atoms with Crippen molar-refractivity contribution in [2.45, 2.75) is 52.2 Å². The molecular formula is C15H31NO3. The molecule has 114 valence electrons. The maximum atomic E-state index is 5.94. The van der Waals surface area contributed by atoms with Gasteiger partial charge in [-0.3, -0.25) is 0 Å². The fraction of sp³-hybridized carbons (Fsp3) is 1.00. The summed E-state index contributed by atoms with van der Waals surface area (Å²) in [6, 6.07) is 0. The summed E-state index contributed by atoms with van der Waals surface area (Å²) in [6.45, 7) is 11.5. The Bertz CT molecular complexity index is 212. The molecule has 0 spiro atoms. The van der Waals surface area contributed by atoms with Gasteiger partial charge in [-0.05, 0) is 31.7 Å². The molecule has 4 heteroatoms. The van der Waals surface area contributed by atoms with E-state index in [0.717, 1.165) is 39.0 Å².